The molecule has 0 heterocycles. The largest absolute Gasteiger partial charge is 0.379 e. The first-order chi connectivity index (χ1) is 12.6. The van der Waals surface area contributed by atoms with Crippen molar-refractivity contribution in [1.29, 1.82) is 0 Å². The lowest BCUT2D eigenvalue weighted by Gasteiger charge is -2.05. The van der Waals surface area contributed by atoms with Gasteiger partial charge in [0.15, 0.2) is 0 Å². The van der Waals surface area contributed by atoms with Crippen LogP contribution in [0.1, 0.15) is 27.7 Å². The van der Waals surface area contributed by atoms with Crippen molar-refractivity contribution in [3.8, 4) is 47.4 Å². The first kappa shape index (κ1) is 24.1. The molecule has 0 amide bonds. The van der Waals surface area contributed by atoms with Crippen molar-refractivity contribution in [2.75, 3.05) is 52.9 Å². The molecule has 0 aromatic rings. The van der Waals surface area contributed by atoms with E-state index in [9.17, 15) is 0 Å². The van der Waals surface area contributed by atoms with Gasteiger partial charge in [-0.3, -0.25) is 0 Å². The van der Waals surface area contributed by atoms with Crippen LogP contribution >= 0.6 is 0 Å². The van der Waals surface area contributed by atoms with Crippen LogP contribution in [-0.4, -0.2) is 52.9 Å². The molecule has 142 valence electrons. The maximum absolute atomic E-state index is 5.38. The molecule has 0 fully saturated rings. The summed E-state index contributed by atoms with van der Waals surface area (Å²) in [6.45, 7) is 12.4. The van der Waals surface area contributed by atoms with Crippen molar-refractivity contribution in [3.63, 3.8) is 0 Å². The molecule has 0 aromatic heterocycles. The maximum Gasteiger partial charge on any atom is 0.110 e. The van der Waals surface area contributed by atoms with Crippen molar-refractivity contribution in [2.24, 2.45) is 11.8 Å². The summed E-state index contributed by atoms with van der Waals surface area (Å²) in [5.74, 6) is 23.1. The Morgan fingerprint density at radius 2 is 0.885 bits per heavy atom. The topological polar surface area (TPSA) is 36.9 Å². The van der Waals surface area contributed by atoms with Gasteiger partial charge in [-0.2, -0.15) is 0 Å². The average molecular weight is 358 g/mol. The lowest BCUT2D eigenvalue weighted by atomic mass is 10.2. The highest BCUT2D eigenvalue weighted by Gasteiger charge is 1.92. The van der Waals surface area contributed by atoms with Gasteiger partial charge in [0.1, 0.15) is 26.4 Å². The van der Waals surface area contributed by atoms with Crippen LogP contribution in [0.25, 0.3) is 0 Å². The Morgan fingerprint density at radius 3 is 1.38 bits per heavy atom. The van der Waals surface area contributed by atoms with Gasteiger partial charge in [0.05, 0.1) is 19.8 Å². The van der Waals surface area contributed by atoms with E-state index in [1.807, 2.05) is 0 Å². The number of rotatable bonds is 11. The maximum atomic E-state index is 5.38. The van der Waals surface area contributed by atoms with Gasteiger partial charge in [-0.1, -0.05) is 51.4 Å². The number of ether oxygens (including phenoxy) is 4. The molecule has 4 heteroatoms. The number of hydrogen-bond donors (Lipinski definition) is 0. The zero-order chi connectivity index (χ0) is 19.3. The molecule has 0 unspecified atom stereocenters. The van der Waals surface area contributed by atoms with Crippen LogP contribution in [-0.2, 0) is 18.9 Å². The quantitative estimate of drug-likeness (QED) is 0.420. The Hall–Kier alpha value is -1.92. The molecule has 0 saturated heterocycles. The van der Waals surface area contributed by atoms with Crippen molar-refractivity contribution >= 4 is 0 Å². The SMILES string of the molecule is CC(C)COCC#CC#CCOCC#CC#CCOCCOCC(C)C. The highest BCUT2D eigenvalue weighted by Crippen LogP contribution is 1.91. The molecule has 0 aliphatic carbocycles. The predicted molar refractivity (Wildman–Crippen MR) is 104 cm³/mol. The van der Waals surface area contributed by atoms with Crippen LogP contribution in [0.2, 0.25) is 0 Å². The van der Waals surface area contributed by atoms with Gasteiger partial charge < -0.3 is 18.9 Å². The summed E-state index contributed by atoms with van der Waals surface area (Å²) in [5, 5.41) is 0. The second-order valence-corrected chi connectivity index (χ2v) is 6.13. The molecule has 0 saturated carbocycles. The summed E-state index contributed by atoms with van der Waals surface area (Å²) < 4.78 is 21.2. The van der Waals surface area contributed by atoms with Crippen LogP contribution in [0.3, 0.4) is 0 Å². The van der Waals surface area contributed by atoms with Crippen molar-refractivity contribution in [1.82, 2.24) is 0 Å². The molecule has 0 bridgehead atoms. The van der Waals surface area contributed by atoms with E-state index in [-0.39, 0.29) is 6.61 Å². The normalized spacial score (nSPS) is 9.31. The van der Waals surface area contributed by atoms with E-state index in [2.05, 4.69) is 75.1 Å². The van der Waals surface area contributed by atoms with Gasteiger partial charge in [-0.25, -0.2) is 0 Å². The molecular weight excluding hydrogens is 328 g/mol. The predicted octanol–water partition coefficient (Wildman–Crippen LogP) is 2.38. The fourth-order valence-corrected chi connectivity index (χ4v) is 1.38. The van der Waals surface area contributed by atoms with Gasteiger partial charge in [-0.05, 0) is 35.5 Å². The smallest absolute Gasteiger partial charge is 0.110 e. The second kappa shape index (κ2) is 19.4. The first-order valence-corrected chi connectivity index (χ1v) is 8.85. The van der Waals surface area contributed by atoms with Gasteiger partial charge in [-0.15, -0.1) is 0 Å². The van der Waals surface area contributed by atoms with Crippen LogP contribution in [0.5, 0.6) is 0 Å². The van der Waals surface area contributed by atoms with Crippen molar-refractivity contribution in [3.05, 3.63) is 0 Å². The molecule has 0 rings (SSSR count). The number of hydrogen-bond acceptors (Lipinski definition) is 4. The Balaban J connectivity index is 3.51. The monoisotopic (exact) mass is 358 g/mol. The van der Waals surface area contributed by atoms with Gasteiger partial charge in [0, 0.05) is 6.61 Å². The molecule has 0 spiro atoms. The van der Waals surface area contributed by atoms with E-state index in [1.165, 1.54) is 0 Å². The molecular formula is C22H30O4. The molecule has 0 aliphatic heterocycles. The molecule has 0 atom stereocenters. The summed E-state index contributed by atoms with van der Waals surface area (Å²) in [4.78, 5) is 0. The van der Waals surface area contributed by atoms with E-state index < -0.39 is 0 Å². The molecule has 0 radical (unpaired) electrons. The molecule has 26 heavy (non-hydrogen) atoms. The average Bonchev–Trinajstić information content (AvgIpc) is 2.59. The third-order valence-corrected chi connectivity index (χ3v) is 2.45. The van der Waals surface area contributed by atoms with E-state index >= 15 is 0 Å². The Bertz CT molecular complexity index is 577. The van der Waals surface area contributed by atoms with E-state index in [4.69, 9.17) is 18.9 Å². The Morgan fingerprint density at radius 1 is 0.500 bits per heavy atom. The second-order valence-electron chi connectivity index (χ2n) is 6.13. The highest BCUT2D eigenvalue weighted by molar-refractivity contribution is 5.27. The highest BCUT2D eigenvalue weighted by atomic mass is 16.5. The first-order valence-electron chi connectivity index (χ1n) is 8.85. The molecule has 4 nitrogen and oxygen atoms in total. The van der Waals surface area contributed by atoms with E-state index in [1.54, 1.807) is 0 Å². The summed E-state index contributed by atoms with van der Waals surface area (Å²) >= 11 is 0. The van der Waals surface area contributed by atoms with Gasteiger partial charge in [0.2, 0.25) is 0 Å². The minimum atomic E-state index is 0.290. The Labute approximate surface area is 159 Å². The summed E-state index contributed by atoms with van der Waals surface area (Å²) in [6, 6.07) is 0. The van der Waals surface area contributed by atoms with Crippen LogP contribution < -0.4 is 0 Å². The summed E-state index contributed by atoms with van der Waals surface area (Å²) in [7, 11) is 0. The standard InChI is InChI=1S/C22H30O4/c1-21(2)19-25-16-12-8-7-10-14-23-13-9-5-6-11-15-24-17-18-26-20-22(3)4/h21-22H,13-20H2,1-4H3. The minimum absolute atomic E-state index is 0.290. The van der Waals surface area contributed by atoms with E-state index in [0.717, 1.165) is 6.61 Å². The zero-order valence-corrected chi connectivity index (χ0v) is 16.4. The van der Waals surface area contributed by atoms with Gasteiger partial charge >= 0.3 is 0 Å². The lowest BCUT2D eigenvalue weighted by molar-refractivity contribution is 0.0483. The summed E-state index contributed by atoms with van der Waals surface area (Å²) in [6.07, 6.45) is 0. The minimum Gasteiger partial charge on any atom is -0.379 e. The molecule has 0 aliphatic rings. The van der Waals surface area contributed by atoms with Crippen molar-refractivity contribution in [2.45, 2.75) is 27.7 Å². The fourth-order valence-electron chi connectivity index (χ4n) is 1.38. The van der Waals surface area contributed by atoms with Crippen LogP contribution in [0, 0.1) is 59.2 Å². The lowest BCUT2D eigenvalue weighted by Crippen LogP contribution is -2.08. The third-order valence-electron chi connectivity index (χ3n) is 2.45. The van der Waals surface area contributed by atoms with Crippen LogP contribution in [0.4, 0.5) is 0 Å². The Kier molecular flexibility index (Phi) is 18.0. The van der Waals surface area contributed by atoms with E-state index in [0.29, 0.717) is 51.5 Å². The van der Waals surface area contributed by atoms with Gasteiger partial charge in [0.25, 0.3) is 0 Å². The molecule has 0 aromatic carbocycles. The fraction of sp³-hybridized carbons (Fsp3) is 0.636. The zero-order valence-electron chi connectivity index (χ0n) is 16.4. The third kappa shape index (κ3) is 22.1. The molecule has 0 N–H and O–H groups in total. The van der Waals surface area contributed by atoms with Crippen LogP contribution in [0.15, 0.2) is 0 Å². The summed E-state index contributed by atoms with van der Waals surface area (Å²) in [5.41, 5.74) is 0. The van der Waals surface area contributed by atoms with Crippen molar-refractivity contribution < 1.29 is 18.9 Å².